The van der Waals surface area contributed by atoms with Crippen LogP contribution in [-0.2, 0) is 13.6 Å². The van der Waals surface area contributed by atoms with Gasteiger partial charge in [-0.1, -0.05) is 32.9 Å². The first-order chi connectivity index (χ1) is 11.2. The van der Waals surface area contributed by atoms with Crippen LogP contribution < -0.4 is 10.1 Å². The number of amides is 1. The topological polar surface area (TPSA) is 56.1 Å². The molecule has 0 fully saturated rings. The number of benzene rings is 1. The lowest BCUT2D eigenvalue weighted by Crippen LogP contribution is -2.25. The molecule has 1 amide bonds. The molecule has 5 nitrogen and oxygen atoms in total. The van der Waals surface area contributed by atoms with Crippen molar-refractivity contribution in [3.05, 3.63) is 47.0 Å². The van der Waals surface area contributed by atoms with Gasteiger partial charge < -0.3 is 10.1 Å². The quantitative estimate of drug-likeness (QED) is 0.914. The smallest absolute Gasteiger partial charge is 0.269 e. The number of aromatic nitrogens is 2. The van der Waals surface area contributed by atoms with E-state index in [0.717, 1.165) is 5.69 Å². The molecule has 1 aromatic heterocycles. The highest BCUT2D eigenvalue weighted by Gasteiger charge is 2.16. The lowest BCUT2D eigenvalue weighted by atomic mass is 9.99. The minimum atomic E-state index is -0.441. The average Bonchev–Trinajstić information content (AvgIpc) is 2.82. The second-order valence-corrected chi connectivity index (χ2v) is 7.06. The van der Waals surface area contributed by atoms with Gasteiger partial charge in [0.05, 0.1) is 12.3 Å². The molecule has 1 heterocycles. The molecule has 130 valence electrons. The third kappa shape index (κ3) is 4.57. The average molecular weight is 333 g/mol. The lowest BCUT2D eigenvalue weighted by Gasteiger charge is -2.19. The minimum Gasteiger partial charge on any atom is -0.490 e. The highest BCUT2D eigenvalue weighted by molar-refractivity contribution is 5.92. The zero-order chi connectivity index (χ0) is 17.9. The maximum Gasteiger partial charge on any atom is 0.269 e. The van der Waals surface area contributed by atoms with Gasteiger partial charge in [0, 0.05) is 19.2 Å². The summed E-state index contributed by atoms with van der Waals surface area (Å²) in [5.74, 6) is -0.533. The highest BCUT2D eigenvalue weighted by atomic mass is 19.1. The van der Waals surface area contributed by atoms with Gasteiger partial charge in [-0.2, -0.15) is 5.10 Å². The van der Waals surface area contributed by atoms with E-state index in [1.54, 1.807) is 31.3 Å². The van der Waals surface area contributed by atoms with E-state index in [1.807, 2.05) is 27.7 Å². The Morgan fingerprint density at radius 3 is 2.67 bits per heavy atom. The fourth-order valence-corrected chi connectivity index (χ4v) is 2.19. The molecule has 0 bridgehead atoms. The molecule has 1 aromatic carbocycles. The van der Waals surface area contributed by atoms with Crippen molar-refractivity contribution in [1.29, 1.82) is 0 Å². The maximum absolute atomic E-state index is 14.5. The van der Waals surface area contributed by atoms with E-state index < -0.39 is 5.82 Å². The molecule has 6 heteroatoms. The summed E-state index contributed by atoms with van der Waals surface area (Å²) < 4.78 is 21.5. The summed E-state index contributed by atoms with van der Waals surface area (Å²) >= 11 is 0. The van der Waals surface area contributed by atoms with Crippen LogP contribution in [0.3, 0.4) is 0 Å². The monoisotopic (exact) mass is 333 g/mol. The number of carbonyl (C=O) groups excluding carboxylic acids is 1. The van der Waals surface area contributed by atoms with Gasteiger partial charge in [-0.25, -0.2) is 4.39 Å². The molecule has 0 atom stereocenters. The number of halogens is 1. The number of hydrogen-bond acceptors (Lipinski definition) is 3. The van der Waals surface area contributed by atoms with Crippen molar-refractivity contribution in [2.75, 3.05) is 6.61 Å². The van der Waals surface area contributed by atoms with Gasteiger partial charge in [-0.3, -0.25) is 9.48 Å². The number of nitrogens with zero attached hydrogens (tertiary/aromatic N) is 2. The van der Waals surface area contributed by atoms with Gasteiger partial charge in [0.25, 0.3) is 5.91 Å². The minimum absolute atomic E-state index is 0.0615. The predicted octanol–water partition coefficient (Wildman–Crippen LogP) is 3.22. The summed E-state index contributed by atoms with van der Waals surface area (Å²) in [6.07, 6.45) is 0. The Kier molecular flexibility index (Phi) is 5.26. The van der Waals surface area contributed by atoms with Crippen LogP contribution >= 0.6 is 0 Å². The van der Waals surface area contributed by atoms with Crippen molar-refractivity contribution in [2.24, 2.45) is 12.5 Å². The zero-order valence-electron chi connectivity index (χ0n) is 14.8. The fourth-order valence-electron chi connectivity index (χ4n) is 2.19. The van der Waals surface area contributed by atoms with Crippen LogP contribution in [0.25, 0.3) is 0 Å². The molecule has 1 N–H and O–H groups in total. The zero-order valence-corrected chi connectivity index (χ0v) is 14.8. The summed E-state index contributed by atoms with van der Waals surface area (Å²) in [7, 11) is 1.70. The van der Waals surface area contributed by atoms with Crippen molar-refractivity contribution >= 4 is 5.91 Å². The van der Waals surface area contributed by atoms with Crippen LogP contribution in [0.15, 0.2) is 24.3 Å². The number of aryl methyl sites for hydroxylation is 2. The molecule has 0 unspecified atom stereocenters. The molecule has 0 aliphatic carbocycles. The molecule has 0 aliphatic heterocycles. The van der Waals surface area contributed by atoms with E-state index in [4.69, 9.17) is 4.74 Å². The summed E-state index contributed by atoms with van der Waals surface area (Å²) in [6, 6.07) is 6.64. The van der Waals surface area contributed by atoms with Crippen LogP contribution in [0.2, 0.25) is 0 Å². The molecule has 0 saturated heterocycles. The Morgan fingerprint density at radius 1 is 1.38 bits per heavy atom. The van der Waals surface area contributed by atoms with Crippen molar-refractivity contribution in [2.45, 2.75) is 34.2 Å². The summed E-state index contributed by atoms with van der Waals surface area (Å²) in [5.41, 5.74) is 1.52. The van der Waals surface area contributed by atoms with Gasteiger partial charge in [0.15, 0.2) is 11.6 Å². The second-order valence-electron chi connectivity index (χ2n) is 7.06. The molecule has 0 radical (unpaired) electrons. The van der Waals surface area contributed by atoms with Crippen molar-refractivity contribution < 1.29 is 13.9 Å². The Labute approximate surface area is 141 Å². The maximum atomic E-state index is 14.5. The number of rotatable bonds is 5. The number of hydrogen-bond donors (Lipinski definition) is 1. The van der Waals surface area contributed by atoms with E-state index in [1.165, 1.54) is 4.68 Å². The van der Waals surface area contributed by atoms with Gasteiger partial charge in [-0.15, -0.1) is 0 Å². The number of carbonyl (C=O) groups is 1. The molecule has 0 spiro atoms. The van der Waals surface area contributed by atoms with Crippen LogP contribution in [0.5, 0.6) is 5.75 Å². The third-order valence-electron chi connectivity index (χ3n) is 3.38. The van der Waals surface area contributed by atoms with Gasteiger partial charge >= 0.3 is 0 Å². The molecular weight excluding hydrogens is 309 g/mol. The molecule has 24 heavy (non-hydrogen) atoms. The molecule has 0 saturated carbocycles. The molecule has 2 aromatic rings. The summed E-state index contributed by atoms with van der Waals surface area (Å²) in [5, 5.41) is 6.84. The molecule has 0 aliphatic rings. The van der Waals surface area contributed by atoms with Crippen LogP contribution in [0, 0.1) is 18.2 Å². The van der Waals surface area contributed by atoms with E-state index >= 15 is 0 Å². The Balaban J connectivity index is 2.05. The Hall–Kier alpha value is -2.37. The fraction of sp³-hybridized carbons (Fsp3) is 0.444. The van der Waals surface area contributed by atoms with Crippen molar-refractivity contribution in [3.63, 3.8) is 0 Å². The standard InChI is InChI=1S/C18H24FN3O2/c1-12-9-14(22(5)21-12)17(23)20-10-13-7-6-8-15(16(13)19)24-11-18(2,3)4/h6-9H,10-11H2,1-5H3,(H,20,23). The summed E-state index contributed by atoms with van der Waals surface area (Å²) in [4.78, 5) is 12.2. The van der Waals surface area contributed by atoms with E-state index in [2.05, 4.69) is 10.4 Å². The van der Waals surface area contributed by atoms with Gasteiger partial charge in [0.1, 0.15) is 5.69 Å². The second kappa shape index (κ2) is 7.03. The van der Waals surface area contributed by atoms with Crippen LogP contribution in [0.4, 0.5) is 4.39 Å². The van der Waals surface area contributed by atoms with E-state index in [9.17, 15) is 9.18 Å². The van der Waals surface area contributed by atoms with E-state index in [0.29, 0.717) is 17.9 Å². The SMILES string of the molecule is Cc1cc(C(=O)NCc2cccc(OCC(C)(C)C)c2F)n(C)n1. The molecular formula is C18H24FN3O2. The first-order valence-corrected chi connectivity index (χ1v) is 7.86. The largest absolute Gasteiger partial charge is 0.490 e. The Bertz CT molecular complexity index is 732. The first-order valence-electron chi connectivity index (χ1n) is 7.86. The van der Waals surface area contributed by atoms with Crippen molar-refractivity contribution in [1.82, 2.24) is 15.1 Å². The lowest BCUT2D eigenvalue weighted by molar-refractivity contribution is 0.0941. The van der Waals surface area contributed by atoms with Crippen molar-refractivity contribution in [3.8, 4) is 5.75 Å². The number of nitrogens with one attached hydrogen (secondary N) is 1. The van der Waals surface area contributed by atoms with Gasteiger partial charge in [-0.05, 0) is 24.5 Å². The highest BCUT2D eigenvalue weighted by Crippen LogP contribution is 2.23. The number of ether oxygens (including phenoxy) is 1. The predicted molar refractivity (Wildman–Crippen MR) is 90.5 cm³/mol. The first kappa shape index (κ1) is 18.0. The third-order valence-corrected chi connectivity index (χ3v) is 3.38. The Morgan fingerprint density at radius 2 is 2.08 bits per heavy atom. The normalized spacial score (nSPS) is 11.4. The molecule has 2 rings (SSSR count). The van der Waals surface area contributed by atoms with E-state index in [-0.39, 0.29) is 23.6 Å². The van der Waals surface area contributed by atoms with Gasteiger partial charge in [0.2, 0.25) is 0 Å². The van der Waals surface area contributed by atoms with Crippen LogP contribution in [0.1, 0.15) is 42.5 Å². The summed E-state index contributed by atoms with van der Waals surface area (Å²) in [6.45, 7) is 8.36. The van der Waals surface area contributed by atoms with Crippen LogP contribution in [-0.4, -0.2) is 22.3 Å².